The maximum Gasteiger partial charge on any atom is 0.255 e. The van der Waals surface area contributed by atoms with Gasteiger partial charge in [-0.2, -0.15) is 0 Å². The highest BCUT2D eigenvalue weighted by Crippen LogP contribution is 2.19. The first kappa shape index (κ1) is 18.6. The standard InChI is InChI=1S/C20H16BrN3O3/c21-15-7-5-14(6-8-15)20(27)23-16-9-3-13(4-10-16)12-18(26)24-19-17(25)2-1-11-22-19/h1-11,25H,12H2,(H,23,27)(H,22,24,26). The van der Waals surface area contributed by atoms with Crippen molar-refractivity contribution in [1.29, 1.82) is 0 Å². The maximum atomic E-state index is 12.2. The quantitative estimate of drug-likeness (QED) is 0.576. The average molecular weight is 426 g/mol. The molecule has 0 fully saturated rings. The van der Waals surface area contributed by atoms with Gasteiger partial charge in [0.1, 0.15) is 0 Å². The molecule has 0 radical (unpaired) electrons. The molecular weight excluding hydrogens is 410 g/mol. The Morgan fingerprint density at radius 3 is 2.33 bits per heavy atom. The fourth-order valence-corrected chi connectivity index (χ4v) is 2.63. The highest BCUT2D eigenvalue weighted by Gasteiger charge is 2.09. The Labute approximate surface area is 164 Å². The number of aromatic hydroxyl groups is 1. The lowest BCUT2D eigenvalue weighted by Crippen LogP contribution is -2.15. The van der Waals surface area contributed by atoms with Crippen molar-refractivity contribution >= 4 is 39.2 Å². The molecule has 136 valence electrons. The summed E-state index contributed by atoms with van der Waals surface area (Å²) in [5.41, 5.74) is 1.95. The third kappa shape index (κ3) is 5.15. The molecule has 0 saturated carbocycles. The fourth-order valence-electron chi connectivity index (χ4n) is 2.37. The Morgan fingerprint density at radius 1 is 0.963 bits per heavy atom. The Bertz CT molecular complexity index is 957. The number of hydrogen-bond donors (Lipinski definition) is 3. The van der Waals surface area contributed by atoms with Gasteiger partial charge in [0, 0.05) is 21.9 Å². The third-order valence-electron chi connectivity index (χ3n) is 3.73. The second-order valence-electron chi connectivity index (χ2n) is 5.75. The Hall–Kier alpha value is -3.19. The number of halogens is 1. The van der Waals surface area contributed by atoms with Crippen molar-refractivity contribution in [1.82, 2.24) is 4.98 Å². The van der Waals surface area contributed by atoms with E-state index in [1.807, 2.05) is 0 Å². The van der Waals surface area contributed by atoms with E-state index in [1.165, 1.54) is 12.3 Å². The largest absolute Gasteiger partial charge is 0.504 e. The van der Waals surface area contributed by atoms with Crippen LogP contribution in [0.5, 0.6) is 5.75 Å². The van der Waals surface area contributed by atoms with Crippen LogP contribution in [0.25, 0.3) is 0 Å². The molecule has 3 aromatic rings. The minimum absolute atomic E-state index is 0.0862. The van der Waals surface area contributed by atoms with Crippen LogP contribution in [-0.2, 0) is 11.2 Å². The molecule has 0 bridgehead atoms. The normalized spacial score (nSPS) is 10.3. The van der Waals surface area contributed by atoms with E-state index >= 15 is 0 Å². The molecule has 2 aromatic carbocycles. The van der Waals surface area contributed by atoms with Crippen LogP contribution in [0.4, 0.5) is 11.5 Å². The Balaban J connectivity index is 1.58. The molecule has 3 rings (SSSR count). The zero-order valence-corrected chi connectivity index (χ0v) is 15.7. The summed E-state index contributed by atoms with van der Waals surface area (Å²) in [6, 6.07) is 17.1. The Morgan fingerprint density at radius 2 is 1.67 bits per heavy atom. The number of nitrogens with zero attached hydrogens (tertiary/aromatic N) is 1. The van der Waals surface area contributed by atoms with Crippen molar-refractivity contribution in [2.45, 2.75) is 6.42 Å². The van der Waals surface area contributed by atoms with Gasteiger partial charge in [-0.1, -0.05) is 28.1 Å². The summed E-state index contributed by atoms with van der Waals surface area (Å²) in [6.07, 6.45) is 1.61. The highest BCUT2D eigenvalue weighted by molar-refractivity contribution is 9.10. The highest BCUT2D eigenvalue weighted by atomic mass is 79.9. The summed E-state index contributed by atoms with van der Waals surface area (Å²) in [4.78, 5) is 28.2. The van der Waals surface area contributed by atoms with E-state index < -0.39 is 0 Å². The Kier molecular flexibility index (Phi) is 5.83. The molecule has 1 aromatic heterocycles. The number of rotatable bonds is 5. The predicted octanol–water partition coefficient (Wildman–Crippen LogP) is 3.98. The van der Waals surface area contributed by atoms with Gasteiger partial charge < -0.3 is 15.7 Å². The van der Waals surface area contributed by atoms with Gasteiger partial charge in [0.25, 0.3) is 5.91 Å². The molecular formula is C20H16BrN3O3. The lowest BCUT2D eigenvalue weighted by Gasteiger charge is -2.08. The van der Waals surface area contributed by atoms with E-state index in [1.54, 1.807) is 54.6 Å². The molecule has 0 aliphatic rings. The van der Waals surface area contributed by atoms with E-state index in [0.717, 1.165) is 10.0 Å². The molecule has 0 unspecified atom stereocenters. The molecule has 7 heteroatoms. The number of hydrogen-bond acceptors (Lipinski definition) is 4. The molecule has 6 nitrogen and oxygen atoms in total. The summed E-state index contributed by atoms with van der Waals surface area (Å²) in [6.45, 7) is 0. The summed E-state index contributed by atoms with van der Waals surface area (Å²) in [7, 11) is 0. The van der Waals surface area contributed by atoms with Gasteiger partial charge in [-0.3, -0.25) is 9.59 Å². The van der Waals surface area contributed by atoms with Crippen molar-refractivity contribution in [3.63, 3.8) is 0 Å². The zero-order valence-electron chi connectivity index (χ0n) is 14.1. The number of amides is 2. The van der Waals surface area contributed by atoms with E-state index in [9.17, 15) is 14.7 Å². The van der Waals surface area contributed by atoms with Crippen LogP contribution >= 0.6 is 15.9 Å². The molecule has 0 aliphatic heterocycles. The van der Waals surface area contributed by atoms with Gasteiger partial charge >= 0.3 is 0 Å². The number of benzene rings is 2. The SMILES string of the molecule is O=C(Cc1ccc(NC(=O)c2ccc(Br)cc2)cc1)Nc1ncccc1O. The number of aromatic nitrogens is 1. The van der Waals surface area contributed by atoms with E-state index in [2.05, 4.69) is 31.5 Å². The maximum absolute atomic E-state index is 12.2. The molecule has 0 aliphatic carbocycles. The summed E-state index contributed by atoms with van der Waals surface area (Å²) < 4.78 is 0.903. The van der Waals surface area contributed by atoms with Gasteiger partial charge in [-0.15, -0.1) is 0 Å². The fraction of sp³-hybridized carbons (Fsp3) is 0.0500. The minimum Gasteiger partial charge on any atom is -0.504 e. The molecule has 3 N–H and O–H groups in total. The van der Waals surface area contributed by atoms with Gasteiger partial charge in [-0.25, -0.2) is 4.98 Å². The number of anilines is 2. The number of nitrogens with one attached hydrogen (secondary N) is 2. The zero-order chi connectivity index (χ0) is 19.2. The average Bonchev–Trinajstić information content (AvgIpc) is 2.66. The monoisotopic (exact) mass is 425 g/mol. The first-order valence-corrected chi connectivity index (χ1v) is 8.90. The van der Waals surface area contributed by atoms with Crippen LogP contribution < -0.4 is 10.6 Å². The van der Waals surface area contributed by atoms with Gasteiger partial charge in [-0.05, 0) is 54.1 Å². The molecule has 27 heavy (non-hydrogen) atoms. The molecule has 0 saturated heterocycles. The topological polar surface area (TPSA) is 91.3 Å². The molecule has 0 spiro atoms. The summed E-state index contributed by atoms with van der Waals surface area (Å²) in [5.74, 6) is -0.466. The van der Waals surface area contributed by atoms with E-state index in [-0.39, 0.29) is 29.8 Å². The molecule has 0 atom stereocenters. The van der Waals surface area contributed by atoms with E-state index in [4.69, 9.17) is 0 Å². The van der Waals surface area contributed by atoms with Gasteiger partial charge in [0.2, 0.25) is 5.91 Å². The summed E-state index contributed by atoms with van der Waals surface area (Å²) in [5, 5.41) is 15.0. The lowest BCUT2D eigenvalue weighted by molar-refractivity contribution is -0.115. The number of pyridine rings is 1. The van der Waals surface area contributed by atoms with Crippen LogP contribution in [-0.4, -0.2) is 21.9 Å². The molecule has 2 amide bonds. The van der Waals surface area contributed by atoms with E-state index in [0.29, 0.717) is 11.3 Å². The molecule has 1 heterocycles. The van der Waals surface area contributed by atoms with Gasteiger partial charge in [0.15, 0.2) is 11.6 Å². The van der Waals surface area contributed by atoms with Crippen molar-refractivity contribution in [2.24, 2.45) is 0 Å². The number of carbonyl (C=O) groups excluding carboxylic acids is 2. The van der Waals surface area contributed by atoms with Crippen LogP contribution in [0.15, 0.2) is 71.3 Å². The van der Waals surface area contributed by atoms with Crippen molar-refractivity contribution in [3.8, 4) is 5.75 Å². The van der Waals surface area contributed by atoms with Crippen LogP contribution in [0, 0.1) is 0 Å². The minimum atomic E-state index is -0.296. The predicted molar refractivity (Wildman–Crippen MR) is 107 cm³/mol. The first-order valence-electron chi connectivity index (χ1n) is 8.11. The number of carbonyl (C=O) groups is 2. The summed E-state index contributed by atoms with van der Waals surface area (Å²) >= 11 is 3.33. The van der Waals surface area contributed by atoms with Crippen molar-refractivity contribution < 1.29 is 14.7 Å². The van der Waals surface area contributed by atoms with Crippen LogP contribution in [0.3, 0.4) is 0 Å². The van der Waals surface area contributed by atoms with Crippen molar-refractivity contribution in [3.05, 3.63) is 82.5 Å². The van der Waals surface area contributed by atoms with Gasteiger partial charge in [0.05, 0.1) is 6.42 Å². The van der Waals surface area contributed by atoms with Crippen LogP contribution in [0.2, 0.25) is 0 Å². The first-order chi connectivity index (χ1) is 13.0. The van der Waals surface area contributed by atoms with Crippen molar-refractivity contribution in [2.75, 3.05) is 10.6 Å². The van der Waals surface area contributed by atoms with Crippen LogP contribution in [0.1, 0.15) is 15.9 Å². The lowest BCUT2D eigenvalue weighted by atomic mass is 10.1. The second-order valence-corrected chi connectivity index (χ2v) is 6.67. The smallest absolute Gasteiger partial charge is 0.255 e. The second kappa shape index (κ2) is 8.46. The third-order valence-corrected chi connectivity index (χ3v) is 4.26.